The minimum absolute atomic E-state index is 0.230. The molecule has 0 saturated heterocycles. The van der Waals surface area contributed by atoms with Crippen molar-refractivity contribution in [3.63, 3.8) is 0 Å². The fourth-order valence-electron chi connectivity index (χ4n) is 1.24. The Balaban J connectivity index is 3.08. The molecule has 0 spiro atoms. The minimum atomic E-state index is -1.92. The quantitative estimate of drug-likeness (QED) is 0.688. The van der Waals surface area contributed by atoms with Crippen LogP contribution in [0.3, 0.4) is 0 Å². The van der Waals surface area contributed by atoms with Gasteiger partial charge in [-0.05, 0) is 25.1 Å². The van der Waals surface area contributed by atoms with E-state index in [-0.39, 0.29) is 16.9 Å². The van der Waals surface area contributed by atoms with E-state index in [0.29, 0.717) is 6.54 Å². The molecule has 6 heteroatoms. The van der Waals surface area contributed by atoms with Crippen molar-refractivity contribution in [3.05, 3.63) is 29.6 Å². The number of carbonyl (C=O) groups is 1. The molecule has 16 heavy (non-hydrogen) atoms. The molecule has 1 aromatic rings. The van der Waals surface area contributed by atoms with Gasteiger partial charge in [0.05, 0.1) is 0 Å². The summed E-state index contributed by atoms with van der Waals surface area (Å²) in [5.74, 6) is -1.03. The van der Waals surface area contributed by atoms with Gasteiger partial charge in [-0.25, -0.2) is 4.39 Å². The highest BCUT2D eigenvalue weighted by molar-refractivity contribution is 6.58. The van der Waals surface area contributed by atoms with Gasteiger partial charge in [-0.3, -0.25) is 4.79 Å². The maximum Gasteiger partial charge on any atom is 0.491 e. The summed E-state index contributed by atoms with van der Waals surface area (Å²) in [6, 6.07) is 3.51. The van der Waals surface area contributed by atoms with Gasteiger partial charge >= 0.3 is 7.12 Å². The van der Waals surface area contributed by atoms with Crippen LogP contribution in [0, 0.1) is 5.82 Å². The number of hydrogen-bond donors (Lipinski definition) is 2. The second kappa shape index (κ2) is 5.09. The van der Waals surface area contributed by atoms with E-state index in [9.17, 15) is 9.18 Å². The van der Waals surface area contributed by atoms with Crippen molar-refractivity contribution >= 4 is 18.5 Å². The topological polar surface area (TPSA) is 60.8 Å². The van der Waals surface area contributed by atoms with Crippen LogP contribution in [-0.4, -0.2) is 41.6 Å². The number of hydrogen-bond acceptors (Lipinski definition) is 3. The summed E-state index contributed by atoms with van der Waals surface area (Å²) >= 11 is 0. The maximum absolute atomic E-state index is 13.1. The third-order valence-electron chi connectivity index (χ3n) is 2.34. The summed E-state index contributed by atoms with van der Waals surface area (Å²) in [6.07, 6.45) is 0. The number of halogens is 1. The van der Waals surface area contributed by atoms with Crippen LogP contribution in [0.15, 0.2) is 18.2 Å². The lowest BCUT2D eigenvalue weighted by atomic mass is 9.79. The third kappa shape index (κ3) is 2.59. The Hall–Kier alpha value is -1.40. The molecule has 4 nitrogen and oxygen atoms in total. The van der Waals surface area contributed by atoms with Gasteiger partial charge in [0.1, 0.15) is 5.82 Å². The Bertz CT molecular complexity index is 398. The third-order valence-corrected chi connectivity index (χ3v) is 2.34. The summed E-state index contributed by atoms with van der Waals surface area (Å²) in [4.78, 5) is 13.1. The molecular formula is C10H13BFNO3. The van der Waals surface area contributed by atoms with Gasteiger partial charge in [0.15, 0.2) is 0 Å². The second-order valence-electron chi connectivity index (χ2n) is 3.43. The molecule has 0 heterocycles. The lowest BCUT2D eigenvalue weighted by molar-refractivity contribution is 0.0802. The molecular weight excluding hydrogens is 212 g/mol. The zero-order valence-corrected chi connectivity index (χ0v) is 9.14. The van der Waals surface area contributed by atoms with Gasteiger partial charge in [0, 0.05) is 24.6 Å². The normalized spacial score (nSPS) is 10.1. The van der Waals surface area contributed by atoms with Crippen molar-refractivity contribution in [1.29, 1.82) is 0 Å². The van der Waals surface area contributed by atoms with Gasteiger partial charge in [-0.1, -0.05) is 0 Å². The molecule has 86 valence electrons. The predicted octanol–water partition coefficient (Wildman–Crippen LogP) is -0.403. The first-order chi connectivity index (χ1) is 7.47. The first kappa shape index (κ1) is 12.7. The number of carbonyl (C=O) groups excluding carboxylic acids is 1. The van der Waals surface area contributed by atoms with Gasteiger partial charge in [0.2, 0.25) is 0 Å². The predicted molar refractivity (Wildman–Crippen MR) is 58.9 cm³/mol. The fraction of sp³-hybridized carbons (Fsp3) is 0.300. The van der Waals surface area contributed by atoms with Gasteiger partial charge in [-0.15, -0.1) is 0 Å². The Morgan fingerprint density at radius 1 is 1.50 bits per heavy atom. The molecule has 0 radical (unpaired) electrons. The van der Waals surface area contributed by atoms with Crippen molar-refractivity contribution in [2.24, 2.45) is 0 Å². The highest BCUT2D eigenvalue weighted by Crippen LogP contribution is 2.04. The Morgan fingerprint density at radius 3 is 2.62 bits per heavy atom. The van der Waals surface area contributed by atoms with Crippen molar-refractivity contribution < 1.29 is 19.2 Å². The zero-order valence-electron chi connectivity index (χ0n) is 9.14. The number of benzene rings is 1. The molecule has 0 bridgehead atoms. The van der Waals surface area contributed by atoms with E-state index in [1.807, 2.05) is 6.92 Å². The van der Waals surface area contributed by atoms with Crippen molar-refractivity contribution in [1.82, 2.24) is 4.90 Å². The van der Waals surface area contributed by atoms with Gasteiger partial charge < -0.3 is 14.9 Å². The van der Waals surface area contributed by atoms with Crippen LogP contribution in [0.2, 0.25) is 0 Å². The molecule has 0 fully saturated rings. The molecule has 2 N–H and O–H groups in total. The summed E-state index contributed by atoms with van der Waals surface area (Å²) in [5.41, 5.74) is -0.0656. The van der Waals surface area contributed by atoms with Crippen LogP contribution in [0.5, 0.6) is 0 Å². The van der Waals surface area contributed by atoms with E-state index < -0.39 is 12.9 Å². The Kier molecular flexibility index (Phi) is 4.03. The largest absolute Gasteiger partial charge is 0.491 e. The van der Waals surface area contributed by atoms with E-state index in [0.717, 1.165) is 12.1 Å². The molecule has 0 unspecified atom stereocenters. The highest BCUT2D eigenvalue weighted by atomic mass is 19.1. The molecule has 0 aliphatic heterocycles. The lowest BCUT2D eigenvalue weighted by Gasteiger charge is -2.15. The number of amides is 1. The summed E-state index contributed by atoms with van der Waals surface area (Å²) < 4.78 is 13.1. The number of nitrogens with zero attached hydrogens (tertiary/aromatic N) is 1. The molecule has 0 aromatic heterocycles. The van der Waals surface area contributed by atoms with Crippen LogP contribution in [-0.2, 0) is 0 Å². The summed E-state index contributed by atoms with van der Waals surface area (Å²) in [7, 11) is -0.305. The SMILES string of the molecule is CCN(C)C(=O)c1ccc(F)c(B(O)O)c1. The standard InChI is InChI=1S/C10H13BFNO3/c1-3-13(2)10(14)7-4-5-9(12)8(6-7)11(15)16/h4-6,15-16H,3H2,1-2H3. The van der Waals surface area contributed by atoms with E-state index in [4.69, 9.17) is 10.0 Å². The molecule has 1 aromatic carbocycles. The average molecular weight is 225 g/mol. The zero-order chi connectivity index (χ0) is 12.3. The van der Waals surface area contributed by atoms with Crippen LogP contribution >= 0.6 is 0 Å². The highest BCUT2D eigenvalue weighted by Gasteiger charge is 2.19. The first-order valence-electron chi connectivity index (χ1n) is 4.88. The summed E-state index contributed by atoms with van der Waals surface area (Å²) in [6.45, 7) is 2.33. The molecule has 1 rings (SSSR count). The molecule has 0 atom stereocenters. The van der Waals surface area contributed by atoms with E-state index in [1.165, 1.54) is 11.0 Å². The van der Waals surface area contributed by atoms with Crippen molar-refractivity contribution in [2.45, 2.75) is 6.92 Å². The average Bonchev–Trinajstić information content (AvgIpc) is 2.27. The van der Waals surface area contributed by atoms with E-state index in [2.05, 4.69) is 0 Å². The minimum Gasteiger partial charge on any atom is -0.423 e. The molecule has 0 saturated carbocycles. The van der Waals surface area contributed by atoms with Gasteiger partial charge in [0.25, 0.3) is 5.91 Å². The van der Waals surface area contributed by atoms with Crippen molar-refractivity contribution in [2.75, 3.05) is 13.6 Å². The van der Waals surface area contributed by atoms with Crippen LogP contribution < -0.4 is 5.46 Å². The van der Waals surface area contributed by atoms with Gasteiger partial charge in [-0.2, -0.15) is 0 Å². The smallest absolute Gasteiger partial charge is 0.423 e. The first-order valence-corrected chi connectivity index (χ1v) is 4.88. The molecule has 0 aliphatic carbocycles. The molecule has 1 amide bonds. The summed E-state index contributed by atoms with van der Waals surface area (Å²) in [5, 5.41) is 17.8. The lowest BCUT2D eigenvalue weighted by Crippen LogP contribution is -2.34. The molecule has 0 aliphatic rings. The van der Waals surface area contributed by atoms with Crippen LogP contribution in [0.4, 0.5) is 4.39 Å². The Morgan fingerprint density at radius 2 is 2.12 bits per heavy atom. The fourth-order valence-corrected chi connectivity index (χ4v) is 1.24. The van der Waals surface area contributed by atoms with Crippen LogP contribution in [0.25, 0.3) is 0 Å². The number of rotatable bonds is 3. The van der Waals surface area contributed by atoms with E-state index in [1.54, 1.807) is 7.05 Å². The monoisotopic (exact) mass is 225 g/mol. The Labute approximate surface area is 93.5 Å². The second-order valence-corrected chi connectivity index (χ2v) is 3.43. The maximum atomic E-state index is 13.1. The van der Waals surface area contributed by atoms with Crippen molar-refractivity contribution in [3.8, 4) is 0 Å². The van der Waals surface area contributed by atoms with Crippen LogP contribution in [0.1, 0.15) is 17.3 Å². The van der Waals surface area contributed by atoms with E-state index >= 15 is 0 Å².